The Kier molecular flexibility index (Phi) is 6.47. The maximum Gasteiger partial charge on any atom is 0.165 e. The summed E-state index contributed by atoms with van der Waals surface area (Å²) in [6.45, 7) is 0. The second kappa shape index (κ2) is 11.1. The van der Waals surface area contributed by atoms with Crippen LogP contribution in [0.5, 0.6) is 0 Å². The lowest BCUT2D eigenvalue weighted by Crippen LogP contribution is -2.00. The number of nitrogens with zero attached hydrogens (tertiary/aromatic N) is 4. The molecule has 9 aromatic rings. The first-order chi connectivity index (χ1) is 22.8. The van der Waals surface area contributed by atoms with Gasteiger partial charge in [-0.3, -0.25) is 0 Å². The molecule has 6 heteroatoms. The number of hydrogen-bond acceptors (Lipinski definition) is 6. The van der Waals surface area contributed by atoms with E-state index in [-0.39, 0.29) is 0 Å². The molecule has 0 bridgehead atoms. The lowest BCUT2D eigenvalue weighted by molar-refractivity contribution is 1.08. The zero-order valence-corrected chi connectivity index (χ0v) is 26.1. The van der Waals surface area contributed by atoms with Gasteiger partial charge in [-0.2, -0.15) is 0 Å². The normalized spacial score (nSPS) is 11.5. The lowest BCUT2D eigenvalue weighted by atomic mass is 9.97. The summed E-state index contributed by atoms with van der Waals surface area (Å²) in [5.41, 5.74) is 7.46. The molecule has 0 spiro atoms. The van der Waals surface area contributed by atoms with Crippen LogP contribution in [-0.4, -0.2) is 19.9 Å². The summed E-state index contributed by atoms with van der Waals surface area (Å²) in [5.74, 6) is 1.97. The number of aromatic nitrogens is 4. The molecule has 0 aliphatic heterocycles. The van der Waals surface area contributed by atoms with E-state index in [0.29, 0.717) is 17.5 Å². The van der Waals surface area contributed by atoms with Gasteiger partial charge in [0.2, 0.25) is 0 Å². The lowest BCUT2D eigenvalue weighted by Gasteiger charge is -2.09. The molecule has 0 saturated heterocycles. The van der Waals surface area contributed by atoms with E-state index in [1.54, 1.807) is 22.7 Å². The van der Waals surface area contributed by atoms with Crippen LogP contribution in [0.2, 0.25) is 0 Å². The molecule has 3 heterocycles. The number of thiophene rings is 1. The zero-order chi connectivity index (χ0) is 30.5. The minimum atomic E-state index is 0.655. The molecule has 0 radical (unpaired) electrons. The van der Waals surface area contributed by atoms with Crippen molar-refractivity contribution in [1.82, 2.24) is 19.9 Å². The highest BCUT2D eigenvalue weighted by atomic mass is 32.1. The highest BCUT2D eigenvalue weighted by molar-refractivity contribution is 7.27. The molecule has 3 aromatic heterocycles. The van der Waals surface area contributed by atoms with Crippen molar-refractivity contribution in [2.45, 2.75) is 0 Å². The average Bonchev–Trinajstić information content (AvgIpc) is 3.75. The predicted octanol–water partition coefficient (Wildman–Crippen LogP) is 11.2. The van der Waals surface area contributed by atoms with E-state index in [1.165, 1.54) is 31.3 Å². The van der Waals surface area contributed by atoms with Crippen molar-refractivity contribution in [3.8, 4) is 55.9 Å². The molecule has 4 nitrogen and oxygen atoms in total. The molecule has 0 N–H and O–H groups in total. The molecule has 9 rings (SSSR count). The Hall–Kier alpha value is -5.56. The molecular formula is C40H24N4S2. The summed E-state index contributed by atoms with van der Waals surface area (Å²) in [6.07, 6.45) is 0. The van der Waals surface area contributed by atoms with E-state index in [0.717, 1.165) is 37.5 Å². The Bertz CT molecular complexity index is 2430. The Morgan fingerprint density at radius 2 is 0.957 bits per heavy atom. The fourth-order valence-electron chi connectivity index (χ4n) is 6.02. The molecule has 0 saturated carbocycles. The fraction of sp³-hybridized carbons (Fsp3) is 0. The van der Waals surface area contributed by atoms with Crippen molar-refractivity contribution >= 4 is 53.1 Å². The summed E-state index contributed by atoms with van der Waals surface area (Å²) < 4.78 is 3.54. The number of rotatable bonds is 5. The van der Waals surface area contributed by atoms with E-state index >= 15 is 0 Å². The van der Waals surface area contributed by atoms with Crippen molar-refractivity contribution in [3.63, 3.8) is 0 Å². The zero-order valence-electron chi connectivity index (χ0n) is 24.5. The van der Waals surface area contributed by atoms with Gasteiger partial charge in [-0.05, 0) is 35.4 Å². The Balaban J connectivity index is 1.33. The smallest absolute Gasteiger partial charge is 0.165 e. The van der Waals surface area contributed by atoms with E-state index in [4.69, 9.17) is 19.9 Å². The van der Waals surface area contributed by atoms with Gasteiger partial charge in [0, 0.05) is 42.4 Å². The first-order valence-corrected chi connectivity index (χ1v) is 16.7. The molecule has 0 fully saturated rings. The Morgan fingerprint density at radius 1 is 0.370 bits per heavy atom. The van der Waals surface area contributed by atoms with Crippen molar-refractivity contribution < 1.29 is 0 Å². The molecule has 46 heavy (non-hydrogen) atoms. The van der Waals surface area contributed by atoms with Crippen LogP contribution in [-0.2, 0) is 0 Å². The fourth-order valence-corrected chi connectivity index (χ4v) is 8.43. The van der Waals surface area contributed by atoms with Gasteiger partial charge in [-0.1, -0.05) is 121 Å². The summed E-state index contributed by atoms with van der Waals surface area (Å²) in [4.78, 5) is 20.2. The topological polar surface area (TPSA) is 51.6 Å². The van der Waals surface area contributed by atoms with Gasteiger partial charge in [0.25, 0.3) is 0 Å². The molecule has 216 valence electrons. The summed E-state index contributed by atoms with van der Waals surface area (Å²) in [7, 11) is 0. The Labute approximate surface area is 273 Å². The van der Waals surface area contributed by atoms with Crippen molar-refractivity contribution in [2.75, 3.05) is 0 Å². The maximum absolute atomic E-state index is 5.08. The van der Waals surface area contributed by atoms with Crippen LogP contribution in [0.1, 0.15) is 0 Å². The predicted molar refractivity (Wildman–Crippen MR) is 193 cm³/mol. The molecule has 0 atom stereocenters. The van der Waals surface area contributed by atoms with Crippen molar-refractivity contribution in [1.29, 1.82) is 0 Å². The van der Waals surface area contributed by atoms with Crippen LogP contribution in [0.25, 0.3) is 86.3 Å². The number of para-hydroxylation sites is 1. The van der Waals surface area contributed by atoms with Crippen LogP contribution >= 0.6 is 22.7 Å². The van der Waals surface area contributed by atoms with Crippen molar-refractivity contribution in [3.05, 3.63) is 146 Å². The second-order valence-corrected chi connectivity index (χ2v) is 13.1. The Morgan fingerprint density at radius 3 is 1.63 bits per heavy atom. The number of benzene rings is 6. The number of fused-ring (bicyclic) bond motifs is 4. The molecule has 0 aliphatic rings. The minimum Gasteiger partial charge on any atom is -0.236 e. The highest BCUT2D eigenvalue weighted by Gasteiger charge is 2.21. The van der Waals surface area contributed by atoms with E-state index in [1.807, 2.05) is 66.7 Å². The monoisotopic (exact) mass is 624 g/mol. The third-order valence-electron chi connectivity index (χ3n) is 8.20. The van der Waals surface area contributed by atoms with Gasteiger partial charge in [0.1, 0.15) is 5.01 Å². The molecule has 0 unspecified atom stereocenters. The van der Waals surface area contributed by atoms with Crippen LogP contribution in [0.3, 0.4) is 0 Å². The molecule has 6 aromatic carbocycles. The average molecular weight is 625 g/mol. The third kappa shape index (κ3) is 4.58. The van der Waals surface area contributed by atoms with Gasteiger partial charge in [0.05, 0.1) is 10.2 Å². The highest BCUT2D eigenvalue weighted by Crippen LogP contribution is 2.48. The maximum atomic E-state index is 5.08. The van der Waals surface area contributed by atoms with Crippen LogP contribution in [0, 0.1) is 0 Å². The van der Waals surface area contributed by atoms with Crippen molar-refractivity contribution in [2.24, 2.45) is 0 Å². The van der Waals surface area contributed by atoms with Crippen LogP contribution < -0.4 is 0 Å². The van der Waals surface area contributed by atoms with Crippen LogP contribution in [0.15, 0.2) is 146 Å². The minimum absolute atomic E-state index is 0.655. The first kappa shape index (κ1) is 26.8. The summed E-state index contributed by atoms with van der Waals surface area (Å²) in [5, 5.41) is 3.43. The van der Waals surface area contributed by atoms with E-state index in [9.17, 15) is 0 Å². The SMILES string of the molecule is c1ccc(-c2nc(-c3ccccc3)nc(-c3cccc4c3sc3c(-c5nc6ccccc6s5)ccc(-c5ccccc5)c34)n2)cc1. The summed E-state index contributed by atoms with van der Waals surface area (Å²) in [6, 6.07) is 50.2. The molecule has 0 amide bonds. The van der Waals surface area contributed by atoms with Gasteiger partial charge < -0.3 is 0 Å². The van der Waals surface area contributed by atoms with E-state index < -0.39 is 0 Å². The number of hydrogen-bond donors (Lipinski definition) is 0. The first-order valence-electron chi connectivity index (χ1n) is 15.1. The molecule has 0 aliphatic carbocycles. The summed E-state index contributed by atoms with van der Waals surface area (Å²) >= 11 is 3.53. The third-order valence-corrected chi connectivity index (χ3v) is 10.5. The largest absolute Gasteiger partial charge is 0.236 e. The van der Waals surface area contributed by atoms with Gasteiger partial charge >= 0.3 is 0 Å². The standard InChI is InChI=1S/C40H24N4S2/c1-4-13-25(14-5-1)28-23-24-31(40-41-32-21-10-11-22-33(32)45-40)36-34(28)29-19-12-20-30(35(29)46-36)39-43-37(26-15-6-2-7-16-26)42-38(44-39)27-17-8-3-9-18-27/h1-24H. The number of thiazole rings is 1. The molecular weight excluding hydrogens is 601 g/mol. The van der Waals surface area contributed by atoms with Crippen LogP contribution in [0.4, 0.5) is 0 Å². The van der Waals surface area contributed by atoms with Gasteiger partial charge in [0.15, 0.2) is 17.5 Å². The van der Waals surface area contributed by atoms with Gasteiger partial charge in [-0.15, -0.1) is 22.7 Å². The second-order valence-electron chi connectivity index (χ2n) is 11.0. The van der Waals surface area contributed by atoms with Gasteiger partial charge in [-0.25, -0.2) is 19.9 Å². The van der Waals surface area contributed by atoms with E-state index in [2.05, 4.69) is 78.9 Å². The quantitative estimate of drug-likeness (QED) is 0.191.